The molecule has 132 valence electrons. The van der Waals surface area contributed by atoms with E-state index in [0.29, 0.717) is 32.0 Å². The van der Waals surface area contributed by atoms with E-state index in [1.807, 2.05) is 0 Å². The van der Waals surface area contributed by atoms with E-state index < -0.39 is 11.9 Å². The Labute approximate surface area is 138 Å². The number of halogens is 3. The molecule has 2 atom stereocenters. The van der Waals surface area contributed by atoms with Crippen molar-refractivity contribution in [2.24, 2.45) is 11.7 Å². The van der Waals surface area contributed by atoms with Gasteiger partial charge in [0.2, 0.25) is 5.91 Å². The fraction of sp³-hybridized carbons (Fsp3) is 0.625. The number of rotatable bonds is 2. The van der Waals surface area contributed by atoms with Crippen molar-refractivity contribution in [1.82, 2.24) is 9.88 Å². The summed E-state index contributed by atoms with van der Waals surface area (Å²) in [5, 5.41) is 0. The summed E-state index contributed by atoms with van der Waals surface area (Å²) in [5.41, 5.74) is 4.97. The lowest BCUT2D eigenvalue weighted by Gasteiger charge is -2.36. The maximum Gasteiger partial charge on any atom is 0.433 e. The molecule has 1 amide bonds. The monoisotopic (exact) mass is 342 g/mol. The Bertz CT molecular complexity index is 599. The summed E-state index contributed by atoms with van der Waals surface area (Å²) in [6.45, 7) is 1.97. The number of pyridine rings is 1. The average Bonchev–Trinajstić information content (AvgIpc) is 3.00. The molecule has 2 heterocycles. The summed E-state index contributed by atoms with van der Waals surface area (Å²) in [6.07, 6.45) is -2.01. The second kappa shape index (κ2) is 6.58. The number of nitrogens with zero attached hydrogens (tertiary/aromatic N) is 3. The van der Waals surface area contributed by atoms with E-state index in [0.717, 1.165) is 25.3 Å². The number of anilines is 1. The first kappa shape index (κ1) is 17.0. The number of hydrogen-bond donors (Lipinski definition) is 1. The van der Waals surface area contributed by atoms with Crippen LogP contribution in [0.4, 0.5) is 19.0 Å². The summed E-state index contributed by atoms with van der Waals surface area (Å²) < 4.78 is 38.3. The molecule has 0 radical (unpaired) electrons. The van der Waals surface area contributed by atoms with Crippen LogP contribution in [0.3, 0.4) is 0 Å². The smallest absolute Gasteiger partial charge is 0.353 e. The minimum atomic E-state index is -4.45. The molecule has 1 aromatic rings. The van der Waals surface area contributed by atoms with Crippen molar-refractivity contribution in [3.05, 3.63) is 23.9 Å². The summed E-state index contributed by atoms with van der Waals surface area (Å²) in [5.74, 6) is 0.428. The fourth-order valence-corrected chi connectivity index (χ4v) is 3.41. The first-order chi connectivity index (χ1) is 11.3. The number of hydrogen-bond acceptors (Lipinski definition) is 4. The molecule has 0 aromatic carbocycles. The van der Waals surface area contributed by atoms with Gasteiger partial charge in [-0.25, -0.2) is 4.98 Å². The number of carbonyl (C=O) groups excluding carboxylic acids is 1. The highest BCUT2D eigenvalue weighted by Gasteiger charge is 2.34. The Balaban J connectivity index is 1.60. The van der Waals surface area contributed by atoms with Crippen LogP contribution in [0, 0.1) is 5.92 Å². The van der Waals surface area contributed by atoms with Crippen molar-refractivity contribution in [2.45, 2.75) is 31.5 Å². The maximum atomic E-state index is 12.8. The number of alkyl halides is 3. The highest BCUT2D eigenvalue weighted by atomic mass is 19.4. The maximum absolute atomic E-state index is 12.8. The Morgan fingerprint density at radius 2 is 1.88 bits per heavy atom. The predicted molar refractivity (Wildman–Crippen MR) is 83.3 cm³/mol. The van der Waals surface area contributed by atoms with Crippen molar-refractivity contribution in [1.29, 1.82) is 0 Å². The van der Waals surface area contributed by atoms with Crippen LogP contribution in [-0.4, -0.2) is 48.0 Å². The largest absolute Gasteiger partial charge is 0.433 e. The van der Waals surface area contributed by atoms with Crippen molar-refractivity contribution in [3.8, 4) is 0 Å². The standard InChI is InChI=1S/C16H21F3N4O/c17-16(18,19)13-2-1-3-14(21-13)22-6-8-23(9-7-22)15(24)11-4-5-12(20)10-11/h1-3,11-12H,4-10,20H2. The van der Waals surface area contributed by atoms with Gasteiger partial charge < -0.3 is 15.5 Å². The quantitative estimate of drug-likeness (QED) is 0.891. The third-order valence-electron chi connectivity index (χ3n) is 4.76. The van der Waals surface area contributed by atoms with Crippen molar-refractivity contribution < 1.29 is 18.0 Å². The second-order valence-corrected chi connectivity index (χ2v) is 6.46. The van der Waals surface area contributed by atoms with E-state index in [1.54, 1.807) is 15.9 Å². The molecule has 24 heavy (non-hydrogen) atoms. The highest BCUT2D eigenvalue weighted by molar-refractivity contribution is 5.79. The SMILES string of the molecule is NC1CCC(C(=O)N2CCN(c3cccc(C(F)(F)F)n3)CC2)C1. The first-order valence-electron chi connectivity index (χ1n) is 8.18. The molecule has 0 bridgehead atoms. The molecule has 0 spiro atoms. The molecule has 2 unspecified atom stereocenters. The summed E-state index contributed by atoms with van der Waals surface area (Å²) >= 11 is 0. The average molecular weight is 342 g/mol. The molecule has 1 aromatic heterocycles. The molecule has 2 fully saturated rings. The van der Waals surface area contributed by atoms with Gasteiger partial charge in [0.15, 0.2) is 0 Å². The van der Waals surface area contributed by atoms with Crippen LogP contribution in [0.1, 0.15) is 25.0 Å². The van der Waals surface area contributed by atoms with E-state index in [1.165, 1.54) is 6.07 Å². The molecule has 1 saturated carbocycles. The molecule has 8 heteroatoms. The molecule has 2 aliphatic rings. The van der Waals surface area contributed by atoms with Crippen LogP contribution >= 0.6 is 0 Å². The van der Waals surface area contributed by atoms with Gasteiger partial charge in [0, 0.05) is 38.1 Å². The van der Waals surface area contributed by atoms with Crippen LogP contribution in [0.25, 0.3) is 0 Å². The third kappa shape index (κ3) is 3.63. The third-order valence-corrected chi connectivity index (χ3v) is 4.76. The Kier molecular flexibility index (Phi) is 4.67. The summed E-state index contributed by atoms with van der Waals surface area (Å²) in [7, 11) is 0. The predicted octanol–water partition coefficient (Wildman–Crippen LogP) is 1.88. The first-order valence-corrected chi connectivity index (χ1v) is 8.18. The van der Waals surface area contributed by atoms with E-state index >= 15 is 0 Å². The van der Waals surface area contributed by atoms with Gasteiger partial charge in [-0.2, -0.15) is 13.2 Å². The van der Waals surface area contributed by atoms with Gasteiger partial charge in [0.05, 0.1) is 0 Å². The summed E-state index contributed by atoms with van der Waals surface area (Å²) in [6, 6.07) is 4.01. The zero-order valence-electron chi connectivity index (χ0n) is 13.3. The normalized spacial score (nSPS) is 25.2. The number of aromatic nitrogens is 1. The van der Waals surface area contributed by atoms with Gasteiger partial charge in [-0.1, -0.05) is 6.07 Å². The molecule has 2 N–H and O–H groups in total. The molecule has 5 nitrogen and oxygen atoms in total. The van der Waals surface area contributed by atoms with Crippen LogP contribution in [0.2, 0.25) is 0 Å². The molecular formula is C16H21F3N4O. The Morgan fingerprint density at radius 1 is 1.17 bits per heavy atom. The van der Waals surface area contributed by atoms with Crippen molar-refractivity contribution in [2.75, 3.05) is 31.1 Å². The second-order valence-electron chi connectivity index (χ2n) is 6.46. The van der Waals surface area contributed by atoms with Gasteiger partial charge in [-0.3, -0.25) is 4.79 Å². The lowest BCUT2D eigenvalue weighted by Crippen LogP contribution is -2.50. The molecule has 1 aliphatic heterocycles. The van der Waals surface area contributed by atoms with Crippen molar-refractivity contribution in [3.63, 3.8) is 0 Å². The van der Waals surface area contributed by atoms with Crippen molar-refractivity contribution >= 4 is 11.7 Å². The number of nitrogens with two attached hydrogens (primary N) is 1. The van der Waals surface area contributed by atoms with E-state index in [9.17, 15) is 18.0 Å². The number of carbonyl (C=O) groups is 1. The lowest BCUT2D eigenvalue weighted by atomic mass is 10.1. The van der Waals surface area contributed by atoms with Crippen LogP contribution in [0.5, 0.6) is 0 Å². The van der Waals surface area contributed by atoms with Gasteiger partial charge >= 0.3 is 6.18 Å². The zero-order valence-corrected chi connectivity index (χ0v) is 13.3. The Hall–Kier alpha value is -1.83. The van der Waals surface area contributed by atoms with E-state index in [-0.39, 0.29) is 17.9 Å². The van der Waals surface area contributed by atoms with E-state index in [2.05, 4.69) is 4.98 Å². The van der Waals surface area contributed by atoms with Crippen LogP contribution in [-0.2, 0) is 11.0 Å². The molecule has 3 rings (SSSR count). The highest BCUT2D eigenvalue weighted by Crippen LogP contribution is 2.30. The molecular weight excluding hydrogens is 321 g/mol. The minimum absolute atomic E-state index is 0.00164. The zero-order chi connectivity index (χ0) is 17.3. The van der Waals surface area contributed by atoms with Gasteiger partial charge in [0.1, 0.15) is 11.5 Å². The number of amides is 1. The van der Waals surface area contributed by atoms with Gasteiger partial charge in [-0.15, -0.1) is 0 Å². The van der Waals surface area contributed by atoms with Crippen LogP contribution in [0.15, 0.2) is 18.2 Å². The van der Waals surface area contributed by atoms with Gasteiger partial charge in [0.25, 0.3) is 0 Å². The molecule has 1 aliphatic carbocycles. The van der Waals surface area contributed by atoms with E-state index in [4.69, 9.17) is 5.73 Å². The Morgan fingerprint density at radius 3 is 2.46 bits per heavy atom. The van der Waals surface area contributed by atoms with Gasteiger partial charge in [-0.05, 0) is 31.4 Å². The minimum Gasteiger partial charge on any atom is -0.353 e. The molecule has 1 saturated heterocycles. The number of piperazine rings is 1. The topological polar surface area (TPSA) is 62.5 Å². The fourth-order valence-electron chi connectivity index (χ4n) is 3.41. The summed E-state index contributed by atoms with van der Waals surface area (Å²) in [4.78, 5) is 19.8. The lowest BCUT2D eigenvalue weighted by molar-refractivity contribution is -0.141. The van der Waals surface area contributed by atoms with Crippen LogP contribution < -0.4 is 10.6 Å².